The van der Waals surface area contributed by atoms with Crippen LogP contribution in [-0.4, -0.2) is 45.2 Å². The van der Waals surface area contributed by atoms with Crippen molar-refractivity contribution in [2.75, 3.05) is 28.4 Å². The third-order valence-corrected chi connectivity index (χ3v) is 4.29. The van der Waals surface area contributed by atoms with Gasteiger partial charge in [-0.25, -0.2) is 0 Å². The van der Waals surface area contributed by atoms with E-state index in [2.05, 4.69) is 15.8 Å². The maximum absolute atomic E-state index is 12.5. The predicted octanol–water partition coefficient (Wildman–Crippen LogP) is 2.28. The second-order valence-electron chi connectivity index (χ2n) is 5.96. The molecular formula is C20H21N3O6. The van der Waals surface area contributed by atoms with Crippen LogP contribution in [-0.2, 0) is 0 Å². The minimum Gasteiger partial charge on any atom is -0.497 e. The first-order valence-corrected chi connectivity index (χ1v) is 8.58. The third kappa shape index (κ3) is 4.03. The number of nitrogens with one attached hydrogen (secondary N) is 3. The molecule has 0 fully saturated rings. The lowest BCUT2D eigenvalue weighted by Gasteiger charge is -2.14. The van der Waals surface area contributed by atoms with Crippen LogP contribution in [0.3, 0.4) is 0 Å². The van der Waals surface area contributed by atoms with Gasteiger partial charge in [0.15, 0.2) is 11.5 Å². The Kier molecular flexibility index (Phi) is 5.77. The molecule has 0 aliphatic rings. The van der Waals surface area contributed by atoms with Gasteiger partial charge in [-0.3, -0.25) is 20.4 Å². The SMILES string of the molecule is COc1ccc2cc(C(=O)NNC(=O)c3cc(OC)c(OC)c(OC)c3)[nH]c2c1. The highest BCUT2D eigenvalue weighted by Crippen LogP contribution is 2.38. The van der Waals surface area contributed by atoms with E-state index in [1.54, 1.807) is 25.3 Å². The number of hydrazine groups is 1. The van der Waals surface area contributed by atoms with Crippen molar-refractivity contribution in [1.82, 2.24) is 15.8 Å². The lowest BCUT2D eigenvalue weighted by Crippen LogP contribution is -2.41. The molecule has 0 saturated heterocycles. The highest BCUT2D eigenvalue weighted by molar-refractivity contribution is 6.01. The molecule has 0 spiro atoms. The topological polar surface area (TPSA) is 111 Å². The van der Waals surface area contributed by atoms with Crippen molar-refractivity contribution in [1.29, 1.82) is 0 Å². The zero-order valence-corrected chi connectivity index (χ0v) is 16.4. The van der Waals surface area contributed by atoms with E-state index in [-0.39, 0.29) is 5.56 Å². The minimum atomic E-state index is -0.546. The van der Waals surface area contributed by atoms with Crippen LogP contribution in [0.25, 0.3) is 10.9 Å². The molecular weight excluding hydrogens is 378 g/mol. The number of ether oxygens (including phenoxy) is 4. The van der Waals surface area contributed by atoms with Crippen molar-refractivity contribution >= 4 is 22.7 Å². The van der Waals surface area contributed by atoms with Crippen LogP contribution in [0.15, 0.2) is 36.4 Å². The van der Waals surface area contributed by atoms with Crippen LogP contribution < -0.4 is 29.8 Å². The zero-order valence-electron chi connectivity index (χ0n) is 16.4. The second kappa shape index (κ2) is 8.42. The monoisotopic (exact) mass is 399 g/mol. The lowest BCUT2D eigenvalue weighted by molar-refractivity contribution is 0.0844. The minimum absolute atomic E-state index is 0.223. The Morgan fingerprint density at radius 2 is 1.45 bits per heavy atom. The molecule has 0 aliphatic heterocycles. The Morgan fingerprint density at radius 3 is 2.03 bits per heavy atom. The standard InChI is InChI=1S/C20H21N3O6/c1-26-13-6-5-11-7-15(21-14(11)10-13)20(25)23-22-19(24)12-8-16(27-2)18(29-4)17(9-12)28-3/h5-10,21H,1-4H3,(H,22,24)(H,23,25). The number of carbonyl (C=O) groups is 2. The number of carbonyl (C=O) groups excluding carboxylic acids is 2. The third-order valence-electron chi connectivity index (χ3n) is 4.29. The summed E-state index contributed by atoms with van der Waals surface area (Å²) in [6.45, 7) is 0. The quantitative estimate of drug-likeness (QED) is 0.549. The van der Waals surface area contributed by atoms with E-state index in [1.165, 1.54) is 33.5 Å². The zero-order chi connectivity index (χ0) is 21.0. The van der Waals surface area contributed by atoms with Gasteiger partial charge in [0, 0.05) is 22.5 Å². The molecule has 9 heteroatoms. The van der Waals surface area contributed by atoms with Gasteiger partial charge in [0.05, 0.1) is 28.4 Å². The molecule has 0 aliphatic carbocycles. The molecule has 1 aromatic heterocycles. The van der Waals surface area contributed by atoms with Gasteiger partial charge in [-0.2, -0.15) is 0 Å². The number of aromatic amines is 1. The summed E-state index contributed by atoms with van der Waals surface area (Å²) in [5.41, 5.74) is 6.00. The maximum atomic E-state index is 12.5. The summed E-state index contributed by atoms with van der Waals surface area (Å²) < 4.78 is 20.9. The Morgan fingerprint density at radius 1 is 0.793 bits per heavy atom. The first-order chi connectivity index (χ1) is 14.0. The normalized spacial score (nSPS) is 10.3. The average molecular weight is 399 g/mol. The molecule has 152 valence electrons. The molecule has 2 aromatic carbocycles. The molecule has 0 saturated carbocycles. The van der Waals surface area contributed by atoms with E-state index in [9.17, 15) is 9.59 Å². The number of fused-ring (bicyclic) bond motifs is 1. The van der Waals surface area contributed by atoms with Crippen LogP contribution in [0.5, 0.6) is 23.0 Å². The van der Waals surface area contributed by atoms with Crippen molar-refractivity contribution < 1.29 is 28.5 Å². The largest absolute Gasteiger partial charge is 0.497 e. The molecule has 3 aromatic rings. The molecule has 3 N–H and O–H groups in total. The Hall–Kier alpha value is -3.88. The summed E-state index contributed by atoms with van der Waals surface area (Å²) in [6.07, 6.45) is 0. The number of hydrogen-bond acceptors (Lipinski definition) is 6. The number of aromatic nitrogens is 1. The van der Waals surface area contributed by atoms with Crippen LogP contribution >= 0.6 is 0 Å². The molecule has 0 atom stereocenters. The van der Waals surface area contributed by atoms with Crippen LogP contribution in [0.2, 0.25) is 0 Å². The summed E-state index contributed by atoms with van der Waals surface area (Å²) in [7, 11) is 5.93. The van der Waals surface area contributed by atoms with E-state index < -0.39 is 11.8 Å². The van der Waals surface area contributed by atoms with Gasteiger partial charge in [0.25, 0.3) is 11.8 Å². The summed E-state index contributed by atoms with van der Waals surface area (Å²) in [5, 5.41) is 0.840. The molecule has 1 heterocycles. The van der Waals surface area contributed by atoms with E-state index in [4.69, 9.17) is 18.9 Å². The summed E-state index contributed by atoms with van der Waals surface area (Å²) in [4.78, 5) is 27.8. The van der Waals surface area contributed by atoms with E-state index in [1.807, 2.05) is 6.07 Å². The summed E-state index contributed by atoms with van der Waals surface area (Å²) in [6, 6.07) is 10.0. The number of amides is 2. The van der Waals surface area contributed by atoms with Crippen molar-refractivity contribution in [2.24, 2.45) is 0 Å². The molecule has 29 heavy (non-hydrogen) atoms. The van der Waals surface area contributed by atoms with Gasteiger partial charge in [-0.05, 0) is 30.3 Å². The highest BCUT2D eigenvalue weighted by Gasteiger charge is 2.18. The van der Waals surface area contributed by atoms with E-state index >= 15 is 0 Å². The lowest BCUT2D eigenvalue weighted by atomic mass is 10.1. The van der Waals surface area contributed by atoms with Gasteiger partial charge in [-0.15, -0.1) is 0 Å². The smallest absolute Gasteiger partial charge is 0.286 e. The maximum Gasteiger partial charge on any atom is 0.286 e. The van der Waals surface area contributed by atoms with Gasteiger partial charge in [0.2, 0.25) is 5.75 Å². The van der Waals surface area contributed by atoms with Crippen LogP contribution in [0, 0.1) is 0 Å². The Bertz CT molecular complexity index is 1030. The van der Waals surface area contributed by atoms with Crippen LogP contribution in [0.4, 0.5) is 0 Å². The predicted molar refractivity (Wildman–Crippen MR) is 106 cm³/mol. The van der Waals surface area contributed by atoms with Gasteiger partial charge in [0.1, 0.15) is 11.4 Å². The number of hydrogen-bond donors (Lipinski definition) is 3. The first-order valence-electron chi connectivity index (χ1n) is 8.58. The van der Waals surface area contributed by atoms with E-state index in [0.717, 1.165) is 10.9 Å². The second-order valence-corrected chi connectivity index (χ2v) is 5.96. The van der Waals surface area contributed by atoms with Crippen molar-refractivity contribution in [3.05, 3.63) is 47.7 Å². The first kappa shape index (κ1) is 19.9. The summed E-state index contributed by atoms with van der Waals surface area (Å²) in [5.74, 6) is 0.642. The van der Waals surface area contributed by atoms with Gasteiger partial charge >= 0.3 is 0 Å². The Labute approximate surface area is 166 Å². The van der Waals surface area contributed by atoms with Gasteiger partial charge in [-0.1, -0.05) is 0 Å². The van der Waals surface area contributed by atoms with E-state index in [0.29, 0.717) is 28.7 Å². The molecule has 2 amide bonds. The number of H-pyrrole nitrogens is 1. The number of rotatable bonds is 6. The fourth-order valence-electron chi connectivity index (χ4n) is 2.82. The van der Waals surface area contributed by atoms with Crippen molar-refractivity contribution in [2.45, 2.75) is 0 Å². The van der Waals surface area contributed by atoms with Crippen molar-refractivity contribution in [3.63, 3.8) is 0 Å². The molecule has 0 radical (unpaired) electrons. The fraction of sp³-hybridized carbons (Fsp3) is 0.200. The molecule has 3 rings (SSSR count). The number of methoxy groups -OCH3 is 4. The molecule has 0 unspecified atom stereocenters. The molecule has 0 bridgehead atoms. The van der Waals surface area contributed by atoms with Gasteiger partial charge < -0.3 is 23.9 Å². The Balaban J connectivity index is 1.74. The number of benzene rings is 2. The highest BCUT2D eigenvalue weighted by atomic mass is 16.5. The van der Waals surface area contributed by atoms with Crippen LogP contribution in [0.1, 0.15) is 20.8 Å². The molecule has 9 nitrogen and oxygen atoms in total. The average Bonchev–Trinajstić information content (AvgIpc) is 3.19. The van der Waals surface area contributed by atoms with Crippen molar-refractivity contribution in [3.8, 4) is 23.0 Å². The fourth-order valence-corrected chi connectivity index (χ4v) is 2.82. The summed E-state index contributed by atoms with van der Waals surface area (Å²) >= 11 is 0.